The Morgan fingerprint density at radius 3 is 2.39 bits per heavy atom. The molecule has 6 nitrogen and oxygen atoms in total. The monoisotopic (exact) mass is 552 g/mol. The van der Waals surface area contributed by atoms with Gasteiger partial charge < -0.3 is 9.47 Å². The molecule has 3 aliphatic rings. The number of hydrogen-bond donors (Lipinski definition) is 0. The molecule has 0 N–H and O–H groups in total. The van der Waals surface area contributed by atoms with Crippen molar-refractivity contribution in [2.24, 2.45) is 11.3 Å². The average Bonchev–Trinajstić information content (AvgIpc) is 3.73. The predicted octanol–water partition coefficient (Wildman–Crippen LogP) is 6.75. The minimum absolute atomic E-state index is 0.0863. The number of hydrogen-bond acceptors (Lipinski definition) is 5. The Bertz CT molecular complexity index is 1370. The van der Waals surface area contributed by atoms with E-state index in [1.165, 1.54) is 41.7 Å². The van der Waals surface area contributed by atoms with Crippen LogP contribution in [0.25, 0.3) is 0 Å². The molecular weight excluding hydrogens is 512 g/mol. The maximum Gasteiger partial charge on any atom is 0.417 e. The van der Waals surface area contributed by atoms with Crippen molar-refractivity contribution in [2.75, 3.05) is 26.8 Å². The molecule has 2 amide bonds. The molecule has 1 aliphatic carbocycles. The fourth-order valence-corrected chi connectivity index (χ4v) is 7.29. The highest BCUT2D eigenvalue weighted by Gasteiger charge is 2.54. The van der Waals surface area contributed by atoms with Gasteiger partial charge in [0.05, 0.1) is 12.5 Å². The number of benzene rings is 3. The summed E-state index contributed by atoms with van der Waals surface area (Å²) in [6, 6.07) is 26.2. The lowest BCUT2D eigenvalue weighted by atomic mass is 9.74. The Balaban J connectivity index is 1.36. The van der Waals surface area contributed by atoms with Crippen LogP contribution < -0.4 is 4.74 Å². The van der Waals surface area contributed by atoms with Crippen LogP contribution in [0, 0.1) is 11.3 Å². The Kier molecular flexibility index (Phi) is 7.85. The van der Waals surface area contributed by atoms with Crippen molar-refractivity contribution < 1.29 is 19.1 Å². The van der Waals surface area contributed by atoms with Crippen LogP contribution in [0.3, 0.4) is 0 Å². The first-order chi connectivity index (χ1) is 20.0. The maximum absolute atomic E-state index is 14.6. The van der Waals surface area contributed by atoms with Crippen molar-refractivity contribution in [3.63, 3.8) is 0 Å². The smallest absolute Gasteiger partial charge is 0.417 e. The number of imide groups is 1. The minimum atomic E-state index is -0.815. The zero-order chi connectivity index (χ0) is 28.4. The van der Waals surface area contributed by atoms with Crippen molar-refractivity contribution >= 4 is 12.0 Å². The molecular formula is C35H40N2O4. The second-order valence-corrected chi connectivity index (χ2v) is 12.2. The van der Waals surface area contributed by atoms with E-state index < -0.39 is 17.6 Å². The Hall–Kier alpha value is -3.64. The fourth-order valence-electron chi connectivity index (χ4n) is 7.29. The third kappa shape index (κ3) is 5.50. The quantitative estimate of drug-likeness (QED) is 0.309. The first-order valence-corrected chi connectivity index (χ1v) is 14.9. The number of cyclic esters (lactones) is 1. The topological polar surface area (TPSA) is 59.1 Å². The summed E-state index contributed by atoms with van der Waals surface area (Å²) >= 11 is 0. The van der Waals surface area contributed by atoms with E-state index in [-0.39, 0.29) is 18.4 Å². The van der Waals surface area contributed by atoms with E-state index in [9.17, 15) is 9.59 Å². The van der Waals surface area contributed by atoms with Crippen LogP contribution in [-0.4, -0.2) is 48.6 Å². The summed E-state index contributed by atoms with van der Waals surface area (Å²) in [6.45, 7) is 4.25. The van der Waals surface area contributed by atoms with Gasteiger partial charge in [-0.2, -0.15) is 0 Å². The molecule has 1 unspecified atom stereocenters. The molecule has 0 spiro atoms. The lowest BCUT2D eigenvalue weighted by molar-refractivity contribution is -0.139. The first-order valence-electron chi connectivity index (χ1n) is 14.9. The van der Waals surface area contributed by atoms with Gasteiger partial charge in [-0.3, -0.25) is 9.69 Å². The van der Waals surface area contributed by atoms with E-state index in [4.69, 9.17) is 9.47 Å². The van der Waals surface area contributed by atoms with Gasteiger partial charge in [0.1, 0.15) is 18.4 Å². The van der Waals surface area contributed by atoms with E-state index in [1.807, 2.05) is 43.3 Å². The van der Waals surface area contributed by atoms with Crippen molar-refractivity contribution in [2.45, 2.75) is 57.5 Å². The second kappa shape index (κ2) is 11.7. The van der Waals surface area contributed by atoms with Crippen LogP contribution >= 0.6 is 0 Å². The molecule has 3 aromatic carbocycles. The summed E-state index contributed by atoms with van der Waals surface area (Å²) in [7, 11) is 1.74. The molecule has 41 heavy (non-hydrogen) atoms. The van der Waals surface area contributed by atoms with Crippen molar-refractivity contribution in [3.8, 4) is 5.75 Å². The molecule has 0 bridgehead atoms. The number of carbonyl (C=O) groups is 2. The summed E-state index contributed by atoms with van der Waals surface area (Å²) in [5, 5.41) is 0. The highest BCUT2D eigenvalue weighted by molar-refractivity contribution is 5.97. The molecule has 2 aliphatic heterocycles. The van der Waals surface area contributed by atoms with Crippen molar-refractivity contribution in [1.82, 2.24) is 9.80 Å². The number of nitrogens with zero attached hydrogens (tertiary/aromatic N) is 2. The molecule has 1 saturated carbocycles. The van der Waals surface area contributed by atoms with E-state index in [2.05, 4.69) is 47.4 Å². The van der Waals surface area contributed by atoms with Crippen LogP contribution in [0.2, 0.25) is 0 Å². The minimum Gasteiger partial charge on any atom is -0.496 e. The van der Waals surface area contributed by atoms with Gasteiger partial charge in [-0.05, 0) is 47.6 Å². The lowest BCUT2D eigenvalue weighted by Gasteiger charge is -2.34. The standard InChI is InChI=1S/C35H40N2O4/c1-35(33(38)37-31(23-41-34(37)39)27-15-7-4-8-16-27)24-36(21-26-13-5-3-6-14-26)22-30(35)28-17-18-32(40-2)29(20-28)19-25-11-9-10-12-25/h3-8,13-18,20,25,30-31H,9-12,19,21-24H2,1-2H3/t30?,31-,35+/m0/s1. The van der Waals surface area contributed by atoms with Gasteiger partial charge in [0.15, 0.2) is 0 Å². The molecule has 6 heteroatoms. The second-order valence-electron chi connectivity index (χ2n) is 12.2. The van der Waals surface area contributed by atoms with Crippen LogP contribution in [0.1, 0.15) is 66.8 Å². The summed E-state index contributed by atoms with van der Waals surface area (Å²) in [5.74, 6) is 1.34. The summed E-state index contributed by atoms with van der Waals surface area (Å²) < 4.78 is 11.3. The van der Waals surface area contributed by atoms with Crippen LogP contribution in [0.5, 0.6) is 5.75 Å². The summed E-state index contributed by atoms with van der Waals surface area (Å²) in [6.07, 6.45) is 5.56. The third-order valence-electron chi connectivity index (χ3n) is 9.47. The van der Waals surface area contributed by atoms with Crippen molar-refractivity contribution in [3.05, 3.63) is 101 Å². The van der Waals surface area contributed by atoms with Gasteiger partial charge in [0, 0.05) is 25.6 Å². The van der Waals surface area contributed by atoms with E-state index in [0.29, 0.717) is 12.5 Å². The Labute approximate surface area is 243 Å². The molecule has 3 atom stereocenters. The molecule has 0 aromatic heterocycles. The average molecular weight is 553 g/mol. The van der Waals surface area contributed by atoms with E-state index in [1.54, 1.807) is 7.11 Å². The SMILES string of the molecule is COc1ccc(C2CN(Cc3ccccc3)C[C@@]2(C)C(=O)N2C(=O)OC[C@H]2c2ccccc2)cc1CC1CCCC1. The van der Waals surface area contributed by atoms with Crippen LogP contribution in [0.4, 0.5) is 4.79 Å². The number of likely N-dealkylation sites (tertiary alicyclic amines) is 1. The van der Waals surface area contributed by atoms with Crippen molar-refractivity contribution in [1.29, 1.82) is 0 Å². The Morgan fingerprint density at radius 1 is 0.976 bits per heavy atom. The largest absolute Gasteiger partial charge is 0.496 e. The van der Waals surface area contributed by atoms with Gasteiger partial charge >= 0.3 is 6.09 Å². The first kappa shape index (κ1) is 27.5. The highest BCUT2D eigenvalue weighted by Crippen LogP contribution is 2.47. The fraction of sp³-hybridized carbons (Fsp3) is 0.429. The zero-order valence-corrected chi connectivity index (χ0v) is 24.1. The van der Waals surface area contributed by atoms with Gasteiger partial charge in [-0.15, -0.1) is 0 Å². The molecule has 214 valence electrons. The normalized spacial score (nSPS) is 25.0. The number of ether oxygens (including phenoxy) is 2. The number of carbonyl (C=O) groups excluding carboxylic acids is 2. The van der Waals surface area contributed by atoms with Gasteiger partial charge in [-0.25, -0.2) is 9.69 Å². The van der Waals surface area contributed by atoms with Gasteiger partial charge in [0.25, 0.3) is 0 Å². The highest BCUT2D eigenvalue weighted by atomic mass is 16.6. The number of rotatable bonds is 8. The predicted molar refractivity (Wildman–Crippen MR) is 159 cm³/mol. The summed E-state index contributed by atoms with van der Waals surface area (Å²) in [5.41, 5.74) is 3.66. The Morgan fingerprint density at radius 2 is 1.68 bits per heavy atom. The van der Waals surface area contributed by atoms with Gasteiger partial charge in [-0.1, -0.05) is 98.5 Å². The van der Waals surface area contributed by atoms with Crippen LogP contribution in [0.15, 0.2) is 78.9 Å². The molecule has 3 fully saturated rings. The molecule has 3 aromatic rings. The van der Waals surface area contributed by atoms with Crippen LogP contribution in [-0.2, 0) is 22.5 Å². The lowest BCUT2D eigenvalue weighted by Crippen LogP contribution is -2.47. The molecule has 2 saturated heterocycles. The number of amides is 2. The summed E-state index contributed by atoms with van der Waals surface area (Å²) in [4.78, 5) is 31.4. The molecule has 0 radical (unpaired) electrons. The molecule has 6 rings (SSSR count). The van der Waals surface area contributed by atoms with E-state index in [0.717, 1.165) is 36.4 Å². The van der Waals surface area contributed by atoms with E-state index >= 15 is 0 Å². The van der Waals surface area contributed by atoms with Gasteiger partial charge in [0.2, 0.25) is 5.91 Å². The molecule has 2 heterocycles. The maximum atomic E-state index is 14.6. The number of methoxy groups -OCH3 is 1. The third-order valence-corrected chi connectivity index (χ3v) is 9.47. The zero-order valence-electron chi connectivity index (χ0n) is 24.1.